The first-order valence-electron chi connectivity index (χ1n) is 4.81. The van der Waals surface area contributed by atoms with Gasteiger partial charge in [-0.2, -0.15) is 0 Å². The molecule has 1 rings (SSSR count). The largest absolute Gasteiger partial charge is 0.271 e. The van der Waals surface area contributed by atoms with E-state index in [1.165, 1.54) is 5.56 Å². The van der Waals surface area contributed by atoms with Gasteiger partial charge in [-0.1, -0.05) is 34.1 Å². The standard InChI is InChI=1S/C12H15BrN2/c1-3-4-8-11(15-14)10-7-5-6-9(2)12(10)13/h5-7,11,15H,8,14H2,1-2H3. The molecule has 2 nitrogen and oxygen atoms in total. The Morgan fingerprint density at radius 1 is 1.53 bits per heavy atom. The quantitative estimate of drug-likeness (QED) is 0.502. The van der Waals surface area contributed by atoms with E-state index in [1.54, 1.807) is 0 Å². The highest BCUT2D eigenvalue weighted by molar-refractivity contribution is 9.10. The second kappa shape index (κ2) is 5.92. The molecule has 1 aromatic carbocycles. The maximum Gasteiger partial charge on any atom is 0.0580 e. The van der Waals surface area contributed by atoms with Gasteiger partial charge in [-0.15, -0.1) is 11.8 Å². The molecule has 3 N–H and O–H groups in total. The summed E-state index contributed by atoms with van der Waals surface area (Å²) >= 11 is 3.57. The second-order valence-corrected chi connectivity index (χ2v) is 4.12. The van der Waals surface area contributed by atoms with Gasteiger partial charge in [0.05, 0.1) is 6.04 Å². The fraction of sp³-hybridized carbons (Fsp3) is 0.333. The Balaban J connectivity index is 2.99. The van der Waals surface area contributed by atoms with Crippen LogP contribution in [0.5, 0.6) is 0 Å². The van der Waals surface area contributed by atoms with E-state index in [-0.39, 0.29) is 6.04 Å². The maximum absolute atomic E-state index is 5.53. The van der Waals surface area contributed by atoms with Crippen LogP contribution in [0, 0.1) is 18.8 Å². The average molecular weight is 267 g/mol. The summed E-state index contributed by atoms with van der Waals surface area (Å²) < 4.78 is 1.10. The van der Waals surface area contributed by atoms with Crippen LogP contribution in [0.4, 0.5) is 0 Å². The van der Waals surface area contributed by atoms with E-state index in [0.717, 1.165) is 16.5 Å². The van der Waals surface area contributed by atoms with Crippen LogP contribution in [-0.2, 0) is 0 Å². The Kier molecular flexibility index (Phi) is 4.83. The van der Waals surface area contributed by atoms with Gasteiger partial charge < -0.3 is 0 Å². The topological polar surface area (TPSA) is 38.0 Å². The second-order valence-electron chi connectivity index (χ2n) is 3.33. The number of hydrogen-bond donors (Lipinski definition) is 2. The molecule has 15 heavy (non-hydrogen) atoms. The number of nitrogens with one attached hydrogen (secondary N) is 1. The minimum absolute atomic E-state index is 0.0757. The molecule has 1 unspecified atom stereocenters. The van der Waals surface area contributed by atoms with Crippen molar-refractivity contribution < 1.29 is 0 Å². The normalized spacial score (nSPS) is 11.7. The molecule has 80 valence electrons. The molecule has 0 saturated carbocycles. The van der Waals surface area contributed by atoms with E-state index < -0.39 is 0 Å². The van der Waals surface area contributed by atoms with Crippen molar-refractivity contribution in [2.75, 3.05) is 0 Å². The number of hydrogen-bond acceptors (Lipinski definition) is 2. The van der Waals surface area contributed by atoms with Gasteiger partial charge in [0.2, 0.25) is 0 Å². The van der Waals surface area contributed by atoms with E-state index >= 15 is 0 Å². The molecule has 0 radical (unpaired) electrons. The molecule has 0 bridgehead atoms. The molecule has 0 amide bonds. The van der Waals surface area contributed by atoms with Crippen LogP contribution < -0.4 is 11.3 Å². The third-order valence-corrected chi connectivity index (χ3v) is 3.36. The molecule has 1 aromatic rings. The third kappa shape index (κ3) is 3.07. The lowest BCUT2D eigenvalue weighted by molar-refractivity contribution is 0.565. The lowest BCUT2D eigenvalue weighted by Gasteiger charge is -2.16. The van der Waals surface area contributed by atoms with Crippen LogP contribution in [-0.4, -0.2) is 0 Å². The lowest BCUT2D eigenvalue weighted by Crippen LogP contribution is -2.28. The van der Waals surface area contributed by atoms with E-state index in [0.29, 0.717) is 0 Å². The Bertz CT molecular complexity index is 390. The smallest absolute Gasteiger partial charge is 0.0580 e. The third-order valence-electron chi connectivity index (χ3n) is 2.28. The molecular weight excluding hydrogens is 252 g/mol. The van der Waals surface area contributed by atoms with Gasteiger partial charge in [0.25, 0.3) is 0 Å². The van der Waals surface area contributed by atoms with Gasteiger partial charge in [0, 0.05) is 10.9 Å². The van der Waals surface area contributed by atoms with Crippen molar-refractivity contribution >= 4 is 15.9 Å². The van der Waals surface area contributed by atoms with Crippen LogP contribution in [0.2, 0.25) is 0 Å². The highest BCUT2D eigenvalue weighted by Gasteiger charge is 2.12. The monoisotopic (exact) mass is 266 g/mol. The first kappa shape index (κ1) is 12.3. The predicted octanol–water partition coefficient (Wildman–Crippen LogP) is 2.68. The Hall–Kier alpha value is -0.820. The molecular formula is C12H15BrN2. The van der Waals surface area contributed by atoms with Crippen LogP contribution in [0.15, 0.2) is 22.7 Å². The number of rotatable bonds is 3. The van der Waals surface area contributed by atoms with Crippen molar-refractivity contribution in [2.24, 2.45) is 5.84 Å². The zero-order valence-electron chi connectivity index (χ0n) is 8.97. The van der Waals surface area contributed by atoms with E-state index in [1.807, 2.05) is 13.0 Å². The SMILES string of the molecule is CC#CCC(NN)c1cccc(C)c1Br. The summed E-state index contributed by atoms with van der Waals surface area (Å²) in [6.45, 7) is 3.89. The Labute approximate surface area is 99.3 Å². The summed E-state index contributed by atoms with van der Waals surface area (Å²) in [5.74, 6) is 11.4. The van der Waals surface area contributed by atoms with Crippen molar-refractivity contribution in [3.8, 4) is 11.8 Å². The van der Waals surface area contributed by atoms with Crippen molar-refractivity contribution in [2.45, 2.75) is 26.3 Å². The molecule has 0 fully saturated rings. The van der Waals surface area contributed by atoms with Crippen molar-refractivity contribution in [3.63, 3.8) is 0 Å². The Morgan fingerprint density at radius 3 is 2.87 bits per heavy atom. The van der Waals surface area contributed by atoms with Gasteiger partial charge in [0.1, 0.15) is 0 Å². The summed E-state index contributed by atoms with van der Waals surface area (Å²) in [4.78, 5) is 0. The molecule has 0 spiro atoms. The van der Waals surface area contributed by atoms with Gasteiger partial charge in [-0.25, -0.2) is 0 Å². The lowest BCUT2D eigenvalue weighted by atomic mass is 10.0. The van der Waals surface area contributed by atoms with Gasteiger partial charge >= 0.3 is 0 Å². The number of hydrazine groups is 1. The number of aryl methyl sites for hydroxylation is 1. The van der Waals surface area contributed by atoms with E-state index in [2.05, 4.69) is 52.3 Å². The van der Waals surface area contributed by atoms with Crippen molar-refractivity contribution in [1.82, 2.24) is 5.43 Å². The predicted molar refractivity (Wildman–Crippen MR) is 67.0 cm³/mol. The molecule has 1 atom stereocenters. The molecule has 0 heterocycles. The van der Waals surface area contributed by atoms with Gasteiger partial charge in [-0.05, 0) is 25.0 Å². The molecule has 3 heteroatoms. The minimum Gasteiger partial charge on any atom is -0.271 e. The highest BCUT2D eigenvalue weighted by Crippen LogP contribution is 2.27. The summed E-state index contributed by atoms with van der Waals surface area (Å²) in [5.41, 5.74) is 5.15. The molecule has 0 aliphatic heterocycles. The van der Waals surface area contributed by atoms with E-state index in [9.17, 15) is 0 Å². The van der Waals surface area contributed by atoms with Crippen molar-refractivity contribution in [3.05, 3.63) is 33.8 Å². The molecule has 0 aromatic heterocycles. The fourth-order valence-electron chi connectivity index (χ4n) is 1.40. The zero-order chi connectivity index (χ0) is 11.3. The maximum atomic E-state index is 5.53. The summed E-state index contributed by atoms with van der Waals surface area (Å²) in [5, 5.41) is 0. The molecule has 0 saturated heterocycles. The van der Waals surface area contributed by atoms with E-state index in [4.69, 9.17) is 5.84 Å². The van der Waals surface area contributed by atoms with Crippen LogP contribution in [0.25, 0.3) is 0 Å². The van der Waals surface area contributed by atoms with Gasteiger partial charge in [0.15, 0.2) is 0 Å². The fourth-order valence-corrected chi connectivity index (χ4v) is 1.94. The summed E-state index contributed by atoms with van der Waals surface area (Å²) in [7, 11) is 0. The van der Waals surface area contributed by atoms with Crippen LogP contribution >= 0.6 is 15.9 Å². The summed E-state index contributed by atoms with van der Waals surface area (Å²) in [6.07, 6.45) is 0.717. The van der Waals surface area contributed by atoms with Crippen LogP contribution in [0.1, 0.15) is 30.5 Å². The number of benzene rings is 1. The highest BCUT2D eigenvalue weighted by atomic mass is 79.9. The first-order valence-corrected chi connectivity index (χ1v) is 5.60. The number of halogens is 1. The number of nitrogens with two attached hydrogens (primary N) is 1. The molecule has 0 aliphatic carbocycles. The molecule has 0 aliphatic rings. The minimum atomic E-state index is 0.0757. The van der Waals surface area contributed by atoms with Gasteiger partial charge in [-0.3, -0.25) is 11.3 Å². The zero-order valence-corrected chi connectivity index (χ0v) is 10.6. The van der Waals surface area contributed by atoms with Crippen LogP contribution in [0.3, 0.4) is 0 Å². The summed E-state index contributed by atoms with van der Waals surface area (Å²) in [6, 6.07) is 6.22. The average Bonchev–Trinajstić information content (AvgIpc) is 2.25. The first-order chi connectivity index (χ1) is 7.20. The van der Waals surface area contributed by atoms with Crippen molar-refractivity contribution in [1.29, 1.82) is 0 Å². The Morgan fingerprint density at radius 2 is 2.27 bits per heavy atom.